The first kappa shape index (κ1) is 15.3. The Kier molecular flexibility index (Phi) is 4.93. The van der Waals surface area contributed by atoms with E-state index in [1.807, 2.05) is 6.20 Å². The number of rotatable bonds is 6. The highest BCUT2D eigenvalue weighted by atomic mass is 15.3. The maximum absolute atomic E-state index is 4.66. The summed E-state index contributed by atoms with van der Waals surface area (Å²) in [5.74, 6) is 0.590. The van der Waals surface area contributed by atoms with Crippen LogP contribution in [-0.2, 0) is 13.1 Å². The zero-order valence-electron chi connectivity index (χ0n) is 13.8. The summed E-state index contributed by atoms with van der Waals surface area (Å²) >= 11 is 0. The van der Waals surface area contributed by atoms with Crippen LogP contribution >= 0.6 is 0 Å². The molecule has 0 saturated carbocycles. The van der Waals surface area contributed by atoms with Gasteiger partial charge in [0, 0.05) is 49.2 Å². The number of hydrogen-bond donors (Lipinski definition) is 1. The molecule has 1 saturated heterocycles. The molecule has 2 aromatic rings. The van der Waals surface area contributed by atoms with Gasteiger partial charge in [-0.15, -0.1) is 0 Å². The summed E-state index contributed by atoms with van der Waals surface area (Å²) in [6.07, 6.45) is 9.03. The van der Waals surface area contributed by atoms with Gasteiger partial charge in [0.1, 0.15) is 0 Å². The number of hydrogen-bond acceptors (Lipinski definition) is 3. The van der Waals surface area contributed by atoms with Crippen molar-refractivity contribution in [2.75, 3.05) is 13.1 Å². The van der Waals surface area contributed by atoms with Gasteiger partial charge in [-0.25, -0.2) is 0 Å². The fourth-order valence-electron chi connectivity index (χ4n) is 3.34. The number of H-pyrrole nitrogens is 1. The molecular weight excluding hydrogens is 274 g/mol. The maximum atomic E-state index is 4.66. The predicted molar refractivity (Wildman–Crippen MR) is 87.7 cm³/mol. The lowest BCUT2D eigenvalue weighted by molar-refractivity contribution is 0.198. The molecule has 1 N–H and O–H groups in total. The summed E-state index contributed by atoms with van der Waals surface area (Å²) in [6, 6.07) is 2.11. The van der Waals surface area contributed by atoms with E-state index in [1.165, 1.54) is 49.2 Å². The number of nitrogens with zero attached hydrogens (tertiary/aromatic N) is 4. The van der Waals surface area contributed by atoms with E-state index in [9.17, 15) is 0 Å². The minimum atomic E-state index is 0.590. The molecule has 0 amide bonds. The van der Waals surface area contributed by atoms with Crippen molar-refractivity contribution >= 4 is 0 Å². The molecule has 0 aliphatic carbocycles. The van der Waals surface area contributed by atoms with E-state index in [1.54, 1.807) is 0 Å². The third-order valence-electron chi connectivity index (χ3n) is 4.65. The lowest BCUT2D eigenvalue weighted by Crippen LogP contribution is -2.34. The van der Waals surface area contributed by atoms with Gasteiger partial charge in [-0.3, -0.25) is 14.7 Å². The van der Waals surface area contributed by atoms with E-state index < -0.39 is 0 Å². The summed E-state index contributed by atoms with van der Waals surface area (Å²) in [7, 11) is 0. The van der Waals surface area contributed by atoms with Crippen LogP contribution in [0.2, 0.25) is 0 Å². The van der Waals surface area contributed by atoms with Crippen molar-refractivity contribution in [3.8, 4) is 0 Å². The molecule has 120 valence electrons. The largest absolute Gasteiger partial charge is 0.298 e. The molecule has 3 rings (SSSR count). The molecule has 5 nitrogen and oxygen atoms in total. The van der Waals surface area contributed by atoms with E-state index >= 15 is 0 Å². The van der Waals surface area contributed by atoms with Gasteiger partial charge in [-0.05, 0) is 38.8 Å². The minimum absolute atomic E-state index is 0.590. The molecule has 22 heavy (non-hydrogen) atoms. The Bertz CT molecular complexity index is 572. The lowest BCUT2D eigenvalue weighted by atomic mass is 9.94. The highest BCUT2D eigenvalue weighted by Gasteiger charge is 2.23. The first-order chi connectivity index (χ1) is 10.8. The van der Waals surface area contributed by atoms with Crippen molar-refractivity contribution in [3.05, 3.63) is 35.4 Å². The molecule has 1 aliphatic rings. The van der Waals surface area contributed by atoms with Crippen LogP contribution in [0.15, 0.2) is 18.5 Å². The van der Waals surface area contributed by atoms with Crippen LogP contribution in [0.5, 0.6) is 0 Å². The average Bonchev–Trinajstić information content (AvgIpc) is 3.16. The summed E-state index contributed by atoms with van der Waals surface area (Å²) in [4.78, 5) is 2.56. The second-order valence-corrected chi connectivity index (χ2v) is 6.44. The smallest absolute Gasteiger partial charge is 0.0638 e. The summed E-state index contributed by atoms with van der Waals surface area (Å²) in [5.41, 5.74) is 3.83. The molecule has 0 spiro atoms. The second-order valence-electron chi connectivity index (χ2n) is 6.44. The van der Waals surface area contributed by atoms with Gasteiger partial charge in [-0.2, -0.15) is 10.2 Å². The molecular formula is C17H27N5. The fraction of sp³-hybridized carbons (Fsp3) is 0.647. The van der Waals surface area contributed by atoms with Crippen LogP contribution in [0.4, 0.5) is 0 Å². The highest BCUT2D eigenvalue weighted by Crippen LogP contribution is 2.26. The first-order valence-corrected chi connectivity index (χ1v) is 8.51. The number of aromatic nitrogens is 4. The van der Waals surface area contributed by atoms with Crippen LogP contribution in [0.3, 0.4) is 0 Å². The molecule has 0 bridgehead atoms. The maximum Gasteiger partial charge on any atom is 0.0638 e. The van der Waals surface area contributed by atoms with Crippen molar-refractivity contribution in [1.29, 1.82) is 0 Å². The SMILES string of the molecule is CCCCn1cc(CN2CCCC(c3ccn[nH]3)C2)c(C)n1. The monoisotopic (exact) mass is 301 g/mol. The van der Waals surface area contributed by atoms with Gasteiger partial charge < -0.3 is 0 Å². The minimum Gasteiger partial charge on any atom is -0.298 e. The van der Waals surface area contributed by atoms with Crippen LogP contribution in [0.25, 0.3) is 0 Å². The van der Waals surface area contributed by atoms with E-state index in [2.05, 4.69) is 51.0 Å². The number of aryl methyl sites for hydroxylation is 2. The topological polar surface area (TPSA) is 49.7 Å². The van der Waals surface area contributed by atoms with Crippen LogP contribution in [-0.4, -0.2) is 38.0 Å². The number of piperidine rings is 1. The Morgan fingerprint density at radius 1 is 1.41 bits per heavy atom. The summed E-state index contributed by atoms with van der Waals surface area (Å²) < 4.78 is 2.12. The number of likely N-dealkylation sites (tertiary alicyclic amines) is 1. The zero-order chi connectivity index (χ0) is 15.4. The van der Waals surface area contributed by atoms with Crippen molar-refractivity contribution in [2.24, 2.45) is 0 Å². The van der Waals surface area contributed by atoms with Gasteiger partial charge in [0.05, 0.1) is 5.69 Å². The number of unbranched alkanes of at least 4 members (excludes halogenated alkanes) is 1. The Labute approximate surface area is 132 Å². The Hall–Kier alpha value is -1.62. The van der Waals surface area contributed by atoms with Crippen molar-refractivity contribution in [2.45, 2.75) is 58.5 Å². The van der Waals surface area contributed by atoms with Gasteiger partial charge in [0.2, 0.25) is 0 Å². The predicted octanol–water partition coefficient (Wildman–Crippen LogP) is 3.09. The van der Waals surface area contributed by atoms with Gasteiger partial charge >= 0.3 is 0 Å². The van der Waals surface area contributed by atoms with Crippen LogP contribution < -0.4 is 0 Å². The molecule has 2 aromatic heterocycles. The lowest BCUT2D eigenvalue weighted by Gasteiger charge is -2.32. The Morgan fingerprint density at radius 3 is 3.09 bits per heavy atom. The summed E-state index contributed by atoms with van der Waals surface area (Å²) in [5, 5.41) is 11.9. The molecule has 1 unspecified atom stereocenters. The number of nitrogens with one attached hydrogen (secondary N) is 1. The molecule has 1 atom stereocenters. The van der Waals surface area contributed by atoms with E-state index in [0.29, 0.717) is 5.92 Å². The fourth-order valence-corrected chi connectivity index (χ4v) is 3.34. The molecule has 1 fully saturated rings. The van der Waals surface area contributed by atoms with Gasteiger partial charge in [-0.1, -0.05) is 13.3 Å². The van der Waals surface area contributed by atoms with Crippen LogP contribution in [0.1, 0.15) is 55.5 Å². The average molecular weight is 301 g/mol. The molecule has 0 radical (unpaired) electrons. The molecule has 3 heterocycles. The van der Waals surface area contributed by atoms with E-state index in [-0.39, 0.29) is 0 Å². The van der Waals surface area contributed by atoms with Crippen LogP contribution in [0, 0.1) is 6.92 Å². The van der Waals surface area contributed by atoms with Crippen molar-refractivity contribution < 1.29 is 0 Å². The second kappa shape index (κ2) is 7.09. The normalized spacial score (nSPS) is 19.6. The zero-order valence-corrected chi connectivity index (χ0v) is 13.8. The Morgan fingerprint density at radius 2 is 2.32 bits per heavy atom. The van der Waals surface area contributed by atoms with E-state index in [4.69, 9.17) is 0 Å². The molecule has 0 aromatic carbocycles. The summed E-state index contributed by atoms with van der Waals surface area (Å²) in [6.45, 7) is 8.71. The molecule has 1 aliphatic heterocycles. The number of aromatic amines is 1. The quantitative estimate of drug-likeness (QED) is 0.892. The third-order valence-corrected chi connectivity index (χ3v) is 4.65. The first-order valence-electron chi connectivity index (χ1n) is 8.51. The standard InChI is InChI=1S/C17H27N5/c1-3-4-10-22-13-16(14(2)20-22)12-21-9-5-6-15(11-21)17-7-8-18-19-17/h7-8,13,15H,3-6,9-12H2,1-2H3,(H,18,19). The van der Waals surface area contributed by atoms with Gasteiger partial charge in [0.25, 0.3) is 0 Å². The van der Waals surface area contributed by atoms with Crippen molar-refractivity contribution in [1.82, 2.24) is 24.9 Å². The Balaban J connectivity index is 1.61. The molecule has 5 heteroatoms. The van der Waals surface area contributed by atoms with Gasteiger partial charge in [0.15, 0.2) is 0 Å². The van der Waals surface area contributed by atoms with Crippen molar-refractivity contribution in [3.63, 3.8) is 0 Å². The van der Waals surface area contributed by atoms with E-state index in [0.717, 1.165) is 19.6 Å². The highest BCUT2D eigenvalue weighted by molar-refractivity contribution is 5.16. The third kappa shape index (κ3) is 3.58.